The second kappa shape index (κ2) is 6.72. The van der Waals surface area contributed by atoms with Crippen LogP contribution in [0.2, 0.25) is 0 Å². The first-order chi connectivity index (χ1) is 7.95. The third-order valence-electron chi connectivity index (χ3n) is 3.85. The maximum absolute atomic E-state index is 9.38. The monoisotopic (exact) mass is 243 g/mol. The maximum Gasteiger partial charge on any atom is 0.0961 e. The third-order valence-corrected chi connectivity index (χ3v) is 3.85. The topological polar surface area (TPSA) is 55.5 Å². The van der Waals surface area contributed by atoms with Gasteiger partial charge in [0.2, 0.25) is 0 Å². The van der Waals surface area contributed by atoms with E-state index in [2.05, 4.69) is 20.8 Å². The van der Waals surface area contributed by atoms with Crippen molar-refractivity contribution in [1.29, 1.82) is 0 Å². The van der Waals surface area contributed by atoms with Crippen molar-refractivity contribution < 1.29 is 9.84 Å². The van der Waals surface area contributed by atoms with Crippen molar-refractivity contribution in [3.05, 3.63) is 0 Å². The Morgan fingerprint density at radius 1 is 1.24 bits per heavy atom. The minimum Gasteiger partial charge on any atom is -0.394 e. The van der Waals surface area contributed by atoms with Gasteiger partial charge in [0.15, 0.2) is 0 Å². The van der Waals surface area contributed by atoms with Crippen LogP contribution < -0.4 is 5.73 Å². The minimum absolute atomic E-state index is 0.0190. The van der Waals surface area contributed by atoms with Crippen LogP contribution in [0.4, 0.5) is 0 Å². The molecule has 2 unspecified atom stereocenters. The van der Waals surface area contributed by atoms with Crippen LogP contribution >= 0.6 is 0 Å². The van der Waals surface area contributed by atoms with Gasteiger partial charge in [0, 0.05) is 12.6 Å². The lowest BCUT2D eigenvalue weighted by Gasteiger charge is -2.34. The summed E-state index contributed by atoms with van der Waals surface area (Å²) in [5.74, 6) is 0.671. The van der Waals surface area contributed by atoms with Gasteiger partial charge in [-0.2, -0.15) is 0 Å². The lowest BCUT2D eigenvalue weighted by molar-refractivity contribution is -0.0419. The van der Waals surface area contributed by atoms with Gasteiger partial charge in [0.1, 0.15) is 0 Å². The Labute approximate surface area is 106 Å². The molecule has 3 N–H and O–H groups in total. The van der Waals surface area contributed by atoms with Gasteiger partial charge in [-0.15, -0.1) is 0 Å². The molecule has 1 rings (SSSR count). The quantitative estimate of drug-likeness (QED) is 0.779. The summed E-state index contributed by atoms with van der Waals surface area (Å²) in [5, 5.41) is 9.38. The van der Waals surface area contributed by atoms with Gasteiger partial charge in [0.25, 0.3) is 0 Å². The fraction of sp³-hybridized carbons (Fsp3) is 1.00. The lowest BCUT2D eigenvalue weighted by atomic mass is 9.84. The van der Waals surface area contributed by atoms with Crippen LogP contribution in [0.3, 0.4) is 0 Å². The third kappa shape index (κ3) is 4.94. The Hall–Kier alpha value is -0.120. The van der Waals surface area contributed by atoms with E-state index >= 15 is 0 Å². The van der Waals surface area contributed by atoms with Crippen LogP contribution in [0, 0.1) is 11.3 Å². The molecule has 0 saturated heterocycles. The molecule has 0 spiro atoms. The van der Waals surface area contributed by atoms with E-state index in [1.54, 1.807) is 0 Å². The van der Waals surface area contributed by atoms with E-state index in [4.69, 9.17) is 10.5 Å². The predicted molar refractivity (Wildman–Crippen MR) is 70.8 cm³/mol. The van der Waals surface area contributed by atoms with Gasteiger partial charge in [-0.3, -0.25) is 0 Å². The standard InChI is InChI=1S/C14H29NO2/c1-14(2,3)13(15)12(9-16)17-10-11-7-5-4-6-8-11/h11-13,16H,4-10,15H2,1-3H3. The van der Waals surface area contributed by atoms with E-state index in [9.17, 15) is 5.11 Å². The van der Waals surface area contributed by atoms with Crippen LogP contribution in [0.5, 0.6) is 0 Å². The molecule has 2 atom stereocenters. The molecule has 0 amide bonds. The first-order valence-corrected chi connectivity index (χ1v) is 6.93. The first-order valence-electron chi connectivity index (χ1n) is 6.93. The molecule has 1 aliphatic rings. The van der Waals surface area contributed by atoms with Gasteiger partial charge in [-0.25, -0.2) is 0 Å². The molecule has 0 aliphatic heterocycles. The van der Waals surface area contributed by atoms with Crippen LogP contribution in [-0.2, 0) is 4.74 Å². The van der Waals surface area contributed by atoms with E-state index in [1.807, 2.05) is 0 Å². The van der Waals surface area contributed by atoms with Gasteiger partial charge < -0.3 is 15.6 Å². The number of hydrogen-bond acceptors (Lipinski definition) is 3. The molecular weight excluding hydrogens is 214 g/mol. The number of aliphatic hydroxyl groups excluding tert-OH is 1. The smallest absolute Gasteiger partial charge is 0.0961 e. The van der Waals surface area contributed by atoms with Crippen molar-refractivity contribution in [1.82, 2.24) is 0 Å². The summed E-state index contributed by atoms with van der Waals surface area (Å²) in [6.45, 7) is 7.04. The molecule has 17 heavy (non-hydrogen) atoms. The fourth-order valence-corrected chi connectivity index (χ4v) is 2.44. The predicted octanol–water partition coefficient (Wildman–Crippen LogP) is 2.32. The minimum atomic E-state index is -0.225. The van der Waals surface area contributed by atoms with E-state index in [1.165, 1.54) is 32.1 Å². The van der Waals surface area contributed by atoms with E-state index in [0.29, 0.717) is 5.92 Å². The molecule has 102 valence electrons. The molecule has 0 bridgehead atoms. The summed E-state index contributed by atoms with van der Waals surface area (Å²) in [6, 6.07) is -0.115. The second-order valence-electron chi connectivity index (χ2n) is 6.45. The Morgan fingerprint density at radius 2 is 1.82 bits per heavy atom. The largest absolute Gasteiger partial charge is 0.394 e. The molecule has 3 heteroatoms. The zero-order chi connectivity index (χ0) is 12.9. The van der Waals surface area contributed by atoms with Crippen molar-refractivity contribution in [2.45, 2.75) is 65.0 Å². The molecule has 1 aliphatic carbocycles. The summed E-state index contributed by atoms with van der Waals surface area (Å²) < 4.78 is 5.84. The van der Waals surface area contributed by atoms with Crippen molar-refractivity contribution in [2.75, 3.05) is 13.2 Å². The lowest BCUT2D eigenvalue weighted by Crippen LogP contribution is -2.48. The Morgan fingerprint density at radius 3 is 2.29 bits per heavy atom. The van der Waals surface area contributed by atoms with Gasteiger partial charge in [0.05, 0.1) is 12.7 Å². The number of nitrogens with two attached hydrogens (primary N) is 1. The highest BCUT2D eigenvalue weighted by Gasteiger charge is 2.29. The molecule has 3 nitrogen and oxygen atoms in total. The van der Waals surface area contributed by atoms with Crippen molar-refractivity contribution in [3.63, 3.8) is 0 Å². The van der Waals surface area contributed by atoms with Gasteiger partial charge in [-0.1, -0.05) is 40.0 Å². The zero-order valence-corrected chi connectivity index (χ0v) is 11.6. The number of ether oxygens (including phenoxy) is 1. The van der Waals surface area contributed by atoms with Gasteiger partial charge in [-0.05, 0) is 24.2 Å². The average molecular weight is 243 g/mol. The molecule has 0 aromatic carbocycles. The summed E-state index contributed by atoms with van der Waals surface area (Å²) in [6.07, 6.45) is 6.32. The van der Waals surface area contributed by atoms with E-state index < -0.39 is 0 Å². The van der Waals surface area contributed by atoms with Crippen molar-refractivity contribution in [3.8, 4) is 0 Å². The Bertz CT molecular complexity index is 207. The van der Waals surface area contributed by atoms with Crippen LogP contribution in [-0.4, -0.2) is 30.5 Å². The molecule has 0 radical (unpaired) electrons. The first kappa shape index (κ1) is 14.9. The molecule has 0 heterocycles. The highest BCUT2D eigenvalue weighted by molar-refractivity contribution is 4.84. The molecule has 1 saturated carbocycles. The average Bonchev–Trinajstić information content (AvgIpc) is 2.30. The SMILES string of the molecule is CC(C)(C)C(N)C(CO)OCC1CCCCC1. The molecule has 0 aromatic rings. The Kier molecular flexibility index (Phi) is 5.90. The number of aliphatic hydroxyl groups is 1. The van der Waals surface area contributed by atoms with Crippen LogP contribution in [0.25, 0.3) is 0 Å². The normalized spacial score (nSPS) is 22.4. The van der Waals surface area contributed by atoms with Crippen molar-refractivity contribution in [2.24, 2.45) is 17.1 Å². The highest BCUT2D eigenvalue weighted by Crippen LogP contribution is 2.26. The van der Waals surface area contributed by atoms with Crippen LogP contribution in [0.15, 0.2) is 0 Å². The summed E-state index contributed by atoms with van der Waals surface area (Å²) >= 11 is 0. The highest BCUT2D eigenvalue weighted by atomic mass is 16.5. The number of rotatable bonds is 5. The maximum atomic E-state index is 9.38. The number of hydrogen-bond donors (Lipinski definition) is 2. The summed E-state index contributed by atoms with van der Waals surface area (Å²) in [5.41, 5.74) is 6.11. The summed E-state index contributed by atoms with van der Waals surface area (Å²) in [4.78, 5) is 0. The molecule has 0 aromatic heterocycles. The van der Waals surface area contributed by atoms with Gasteiger partial charge >= 0.3 is 0 Å². The summed E-state index contributed by atoms with van der Waals surface area (Å²) in [7, 11) is 0. The fourth-order valence-electron chi connectivity index (χ4n) is 2.44. The second-order valence-corrected chi connectivity index (χ2v) is 6.45. The van der Waals surface area contributed by atoms with Crippen LogP contribution in [0.1, 0.15) is 52.9 Å². The molecule has 1 fully saturated rings. The zero-order valence-electron chi connectivity index (χ0n) is 11.6. The molecular formula is C14H29NO2. The van der Waals surface area contributed by atoms with E-state index in [-0.39, 0.29) is 24.2 Å². The van der Waals surface area contributed by atoms with E-state index in [0.717, 1.165) is 6.61 Å². The van der Waals surface area contributed by atoms with Crippen molar-refractivity contribution >= 4 is 0 Å². The Balaban J connectivity index is 2.35.